The van der Waals surface area contributed by atoms with Crippen LogP contribution in [0.25, 0.3) is 53.5 Å². The van der Waals surface area contributed by atoms with Crippen molar-refractivity contribution in [3.8, 4) is 22.4 Å². The standard InChI is InChI=1S/C25H15NOS/c1-3-13-22-21(10-1)24(26-27-22)17-8-5-7-16(15-17)18-11-6-12-20-19-9-2-4-14-23(19)28-25(18)20/h1-15H. The van der Waals surface area contributed by atoms with Gasteiger partial charge in [-0.25, -0.2) is 0 Å². The van der Waals surface area contributed by atoms with Crippen molar-refractivity contribution >= 4 is 42.5 Å². The number of para-hydroxylation sites is 1. The molecule has 6 rings (SSSR count). The zero-order chi connectivity index (χ0) is 18.5. The van der Waals surface area contributed by atoms with Crippen LogP contribution < -0.4 is 0 Å². The number of hydrogen-bond donors (Lipinski definition) is 0. The summed E-state index contributed by atoms with van der Waals surface area (Å²) in [4.78, 5) is 0. The Morgan fingerprint density at radius 2 is 1.39 bits per heavy atom. The van der Waals surface area contributed by atoms with Crippen molar-refractivity contribution in [3.05, 3.63) is 91.0 Å². The minimum Gasteiger partial charge on any atom is -0.356 e. The molecule has 2 nitrogen and oxygen atoms in total. The van der Waals surface area contributed by atoms with Gasteiger partial charge in [-0.2, -0.15) is 0 Å². The molecule has 0 fully saturated rings. The summed E-state index contributed by atoms with van der Waals surface area (Å²) < 4.78 is 8.16. The maximum Gasteiger partial charge on any atom is 0.167 e. The van der Waals surface area contributed by atoms with E-state index in [2.05, 4.69) is 78.0 Å². The zero-order valence-electron chi connectivity index (χ0n) is 14.9. The lowest BCUT2D eigenvalue weighted by Crippen LogP contribution is -1.82. The Labute approximate surface area is 165 Å². The monoisotopic (exact) mass is 377 g/mol. The van der Waals surface area contributed by atoms with E-state index in [0.29, 0.717) is 0 Å². The van der Waals surface area contributed by atoms with Crippen LogP contribution in [-0.2, 0) is 0 Å². The lowest BCUT2D eigenvalue weighted by molar-refractivity contribution is 0.459. The number of aromatic nitrogens is 1. The highest BCUT2D eigenvalue weighted by molar-refractivity contribution is 7.26. The molecule has 0 amide bonds. The average Bonchev–Trinajstić information content (AvgIpc) is 3.35. The van der Waals surface area contributed by atoms with Crippen molar-refractivity contribution in [2.24, 2.45) is 0 Å². The third-order valence-corrected chi connectivity index (χ3v) is 6.45. The molecule has 0 aliphatic carbocycles. The van der Waals surface area contributed by atoms with Crippen molar-refractivity contribution < 1.29 is 4.52 Å². The predicted molar refractivity (Wildman–Crippen MR) is 118 cm³/mol. The molecule has 4 aromatic carbocycles. The quantitative estimate of drug-likeness (QED) is 0.312. The third-order valence-electron chi connectivity index (χ3n) is 5.23. The molecule has 0 bridgehead atoms. The van der Waals surface area contributed by atoms with Gasteiger partial charge in [0.05, 0.1) is 0 Å². The van der Waals surface area contributed by atoms with Gasteiger partial charge in [-0.1, -0.05) is 71.9 Å². The average molecular weight is 377 g/mol. The van der Waals surface area contributed by atoms with Gasteiger partial charge >= 0.3 is 0 Å². The number of hydrogen-bond acceptors (Lipinski definition) is 3. The normalized spacial score (nSPS) is 11.6. The Kier molecular flexibility index (Phi) is 3.37. The van der Waals surface area contributed by atoms with Gasteiger partial charge in [0, 0.05) is 31.1 Å². The van der Waals surface area contributed by atoms with Crippen LogP contribution in [0.3, 0.4) is 0 Å². The summed E-state index contributed by atoms with van der Waals surface area (Å²) in [6.07, 6.45) is 0. The van der Waals surface area contributed by atoms with E-state index in [0.717, 1.165) is 22.2 Å². The lowest BCUT2D eigenvalue weighted by Gasteiger charge is -2.06. The summed E-state index contributed by atoms with van der Waals surface area (Å²) in [5.41, 5.74) is 5.23. The molecule has 0 aliphatic rings. The lowest BCUT2D eigenvalue weighted by atomic mass is 9.99. The highest BCUT2D eigenvalue weighted by Crippen LogP contribution is 2.40. The van der Waals surface area contributed by atoms with E-state index in [1.165, 1.54) is 31.3 Å². The maximum atomic E-state index is 5.51. The summed E-state index contributed by atoms with van der Waals surface area (Å²) in [7, 11) is 0. The Balaban J connectivity index is 1.57. The molecule has 132 valence electrons. The molecular weight excluding hydrogens is 362 g/mol. The first-order valence-corrected chi connectivity index (χ1v) is 10.1. The minimum atomic E-state index is 0.814. The van der Waals surface area contributed by atoms with Crippen molar-refractivity contribution in [1.82, 2.24) is 5.16 Å². The predicted octanol–water partition coefficient (Wildman–Crippen LogP) is 7.53. The van der Waals surface area contributed by atoms with Gasteiger partial charge in [-0.15, -0.1) is 11.3 Å². The highest BCUT2D eigenvalue weighted by Gasteiger charge is 2.13. The van der Waals surface area contributed by atoms with E-state index in [1.54, 1.807) is 0 Å². The van der Waals surface area contributed by atoms with Gasteiger partial charge in [0.2, 0.25) is 0 Å². The Morgan fingerprint density at radius 1 is 0.643 bits per heavy atom. The molecule has 3 heteroatoms. The molecule has 0 aliphatic heterocycles. The van der Waals surface area contributed by atoms with Gasteiger partial charge in [-0.05, 0) is 35.4 Å². The number of fused-ring (bicyclic) bond motifs is 4. The van der Waals surface area contributed by atoms with Gasteiger partial charge in [0.25, 0.3) is 0 Å². The number of benzene rings is 4. The van der Waals surface area contributed by atoms with Gasteiger partial charge in [0.1, 0.15) is 5.69 Å². The Hall–Kier alpha value is -3.43. The number of thiophene rings is 1. The topological polar surface area (TPSA) is 26.0 Å². The first-order valence-electron chi connectivity index (χ1n) is 9.24. The molecule has 0 atom stereocenters. The summed E-state index contributed by atoms with van der Waals surface area (Å²) >= 11 is 1.85. The fraction of sp³-hybridized carbons (Fsp3) is 0. The SMILES string of the molecule is c1cc(-c2noc3ccccc23)cc(-c2cccc3c2sc2ccccc23)c1. The summed E-state index contributed by atoms with van der Waals surface area (Å²) in [6.45, 7) is 0. The van der Waals surface area contributed by atoms with E-state index in [1.807, 2.05) is 29.5 Å². The van der Waals surface area contributed by atoms with E-state index >= 15 is 0 Å². The van der Waals surface area contributed by atoms with E-state index < -0.39 is 0 Å². The van der Waals surface area contributed by atoms with Crippen LogP contribution in [-0.4, -0.2) is 5.16 Å². The molecule has 6 aromatic rings. The summed E-state index contributed by atoms with van der Waals surface area (Å²) in [5, 5.41) is 8.00. The van der Waals surface area contributed by atoms with Crippen molar-refractivity contribution in [2.75, 3.05) is 0 Å². The molecule has 0 spiro atoms. The summed E-state index contributed by atoms with van der Waals surface area (Å²) in [6, 6.07) is 31.8. The molecular formula is C25H15NOS. The van der Waals surface area contributed by atoms with Crippen molar-refractivity contribution in [3.63, 3.8) is 0 Å². The van der Waals surface area contributed by atoms with Crippen LogP contribution in [0.1, 0.15) is 0 Å². The zero-order valence-corrected chi connectivity index (χ0v) is 15.7. The Bertz CT molecular complexity index is 1470. The van der Waals surface area contributed by atoms with E-state index in [4.69, 9.17) is 4.52 Å². The van der Waals surface area contributed by atoms with Crippen molar-refractivity contribution in [2.45, 2.75) is 0 Å². The second kappa shape index (κ2) is 6.04. The van der Waals surface area contributed by atoms with Gasteiger partial charge < -0.3 is 4.52 Å². The largest absolute Gasteiger partial charge is 0.356 e. The second-order valence-electron chi connectivity index (χ2n) is 6.89. The molecule has 0 saturated carbocycles. The second-order valence-corrected chi connectivity index (χ2v) is 7.94. The number of nitrogens with zero attached hydrogens (tertiary/aromatic N) is 1. The maximum absolute atomic E-state index is 5.51. The Morgan fingerprint density at radius 3 is 2.36 bits per heavy atom. The van der Waals surface area contributed by atoms with E-state index in [9.17, 15) is 0 Å². The van der Waals surface area contributed by atoms with Gasteiger partial charge in [-0.3, -0.25) is 0 Å². The highest BCUT2D eigenvalue weighted by atomic mass is 32.1. The van der Waals surface area contributed by atoms with Crippen LogP contribution in [0.2, 0.25) is 0 Å². The summed E-state index contributed by atoms with van der Waals surface area (Å²) in [5.74, 6) is 0. The van der Waals surface area contributed by atoms with Crippen LogP contribution in [0.4, 0.5) is 0 Å². The molecule has 0 radical (unpaired) electrons. The molecule has 0 N–H and O–H groups in total. The van der Waals surface area contributed by atoms with E-state index in [-0.39, 0.29) is 0 Å². The van der Waals surface area contributed by atoms with Crippen LogP contribution in [0.15, 0.2) is 95.5 Å². The smallest absolute Gasteiger partial charge is 0.167 e. The van der Waals surface area contributed by atoms with Crippen molar-refractivity contribution in [1.29, 1.82) is 0 Å². The van der Waals surface area contributed by atoms with Crippen LogP contribution in [0, 0.1) is 0 Å². The van der Waals surface area contributed by atoms with Gasteiger partial charge in [0.15, 0.2) is 5.58 Å². The molecule has 0 saturated heterocycles. The van der Waals surface area contributed by atoms with Crippen LogP contribution in [0.5, 0.6) is 0 Å². The fourth-order valence-electron chi connectivity index (χ4n) is 3.90. The first kappa shape index (κ1) is 15.6. The minimum absolute atomic E-state index is 0.814. The fourth-order valence-corrected chi connectivity index (χ4v) is 5.14. The molecule has 28 heavy (non-hydrogen) atoms. The molecule has 2 heterocycles. The number of rotatable bonds is 2. The molecule has 2 aromatic heterocycles. The van der Waals surface area contributed by atoms with Crippen LogP contribution >= 0.6 is 11.3 Å². The third kappa shape index (κ3) is 2.30. The first-order chi connectivity index (χ1) is 13.9. The molecule has 0 unspecified atom stereocenters.